The molecular weight excluding hydrogens is 334 g/mol. The fourth-order valence-electron chi connectivity index (χ4n) is 3.43. The van der Waals surface area contributed by atoms with Crippen molar-refractivity contribution in [1.29, 1.82) is 0 Å². The predicted molar refractivity (Wildman–Crippen MR) is 94.1 cm³/mol. The second-order valence-electron chi connectivity index (χ2n) is 6.35. The molecule has 0 bridgehead atoms. The van der Waals surface area contributed by atoms with Gasteiger partial charge < -0.3 is 13.9 Å². The summed E-state index contributed by atoms with van der Waals surface area (Å²) in [5.74, 6) is -0.233. The highest BCUT2D eigenvalue weighted by Crippen LogP contribution is 2.42. The lowest BCUT2D eigenvalue weighted by Crippen LogP contribution is -2.37. The number of carbonyl (C=O) groups excluding carboxylic acids is 2. The number of nitrogens with zero attached hydrogens (tertiary/aromatic N) is 1. The van der Waals surface area contributed by atoms with Crippen molar-refractivity contribution in [3.05, 3.63) is 60.1 Å². The van der Waals surface area contributed by atoms with Crippen LogP contribution in [-0.2, 0) is 20.9 Å². The Bertz CT molecular complexity index is 728. The van der Waals surface area contributed by atoms with E-state index in [2.05, 4.69) is 0 Å². The van der Waals surface area contributed by atoms with E-state index < -0.39 is 18.1 Å². The van der Waals surface area contributed by atoms with Gasteiger partial charge in [-0.3, -0.25) is 9.69 Å². The van der Waals surface area contributed by atoms with E-state index in [0.717, 1.165) is 5.56 Å². The Hall–Kier alpha value is -2.76. The van der Waals surface area contributed by atoms with Crippen molar-refractivity contribution in [2.75, 3.05) is 6.61 Å². The van der Waals surface area contributed by atoms with Gasteiger partial charge in [0.2, 0.25) is 0 Å². The second kappa shape index (κ2) is 8.08. The second-order valence-corrected chi connectivity index (χ2v) is 6.35. The summed E-state index contributed by atoms with van der Waals surface area (Å²) in [6.07, 6.45) is 1.58. The monoisotopic (exact) mass is 357 g/mol. The van der Waals surface area contributed by atoms with Crippen LogP contribution in [0.15, 0.2) is 53.1 Å². The van der Waals surface area contributed by atoms with Gasteiger partial charge in [-0.15, -0.1) is 0 Å². The topological polar surface area (TPSA) is 69.0 Å². The quantitative estimate of drug-likeness (QED) is 0.758. The minimum absolute atomic E-state index is 0.164. The maximum Gasteiger partial charge on any atom is 0.410 e. The van der Waals surface area contributed by atoms with E-state index >= 15 is 0 Å². The predicted octanol–water partition coefficient (Wildman–Crippen LogP) is 3.93. The van der Waals surface area contributed by atoms with Crippen molar-refractivity contribution in [1.82, 2.24) is 4.90 Å². The van der Waals surface area contributed by atoms with Gasteiger partial charge in [0.25, 0.3) is 0 Å². The van der Waals surface area contributed by atoms with Crippen LogP contribution in [0.2, 0.25) is 0 Å². The molecule has 6 nitrogen and oxygen atoms in total. The molecule has 2 aromatic rings. The highest BCUT2D eigenvalue weighted by Gasteiger charge is 2.48. The highest BCUT2D eigenvalue weighted by molar-refractivity contribution is 5.77. The smallest absolute Gasteiger partial charge is 0.410 e. The van der Waals surface area contributed by atoms with Crippen molar-refractivity contribution < 1.29 is 23.5 Å². The van der Waals surface area contributed by atoms with E-state index in [0.29, 0.717) is 18.8 Å². The van der Waals surface area contributed by atoms with E-state index in [1.165, 1.54) is 6.26 Å². The molecule has 1 aliphatic rings. The number of benzene rings is 1. The van der Waals surface area contributed by atoms with Crippen LogP contribution < -0.4 is 0 Å². The standard InChI is InChI=1S/C20H23NO5/c1-3-24-19(22)16-12-14(2)21(18(16)17-10-7-11-25-17)20(23)26-13-15-8-5-4-6-9-15/h4-11,14,16,18H,3,12-13H2,1-2H3/t14-,16-,18-/m1/s1. The number of amides is 1. The normalized spacial score (nSPS) is 22.2. The van der Waals surface area contributed by atoms with Gasteiger partial charge in [0.05, 0.1) is 18.8 Å². The van der Waals surface area contributed by atoms with Crippen LogP contribution in [0.5, 0.6) is 0 Å². The zero-order valence-corrected chi connectivity index (χ0v) is 15.0. The molecule has 6 heteroatoms. The lowest BCUT2D eigenvalue weighted by atomic mass is 9.97. The highest BCUT2D eigenvalue weighted by atomic mass is 16.6. The molecule has 0 radical (unpaired) electrons. The molecule has 1 aliphatic heterocycles. The van der Waals surface area contributed by atoms with Crippen LogP contribution in [0.1, 0.15) is 37.6 Å². The molecule has 3 rings (SSSR count). The number of hydrogen-bond donors (Lipinski definition) is 0. The summed E-state index contributed by atoms with van der Waals surface area (Å²) in [5, 5.41) is 0. The number of hydrogen-bond acceptors (Lipinski definition) is 5. The summed E-state index contributed by atoms with van der Waals surface area (Å²) < 4.78 is 16.2. The Kier molecular flexibility index (Phi) is 5.61. The average Bonchev–Trinajstić information content (AvgIpc) is 3.28. The Morgan fingerprint density at radius 2 is 1.92 bits per heavy atom. The van der Waals surface area contributed by atoms with Gasteiger partial charge in [-0.05, 0) is 38.0 Å². The van der Waals surface area contributed by atoms with E-state index in [-0.39, 0.29) is 18.6 Å². The van der Waals surface area contributed by atoms with Crippen molar-refractivity contribution in [3.8, 4) is 0 Å². The van der Waals surface area contributed by atoms with E-state index in [1.54, 1.807) is 24.0 Å². The largest absolute Gasteiger partial charge is 0.467 e. The molecule has 0 aliphatic carbocycles. The summed E-state index contributed by atoms with van der Waals surface area (Å²) in [6.45, 7) is 4.15. The molecular formula is C20H23NO5. The molecule has 0 N–H and O–H groups in total. The van der Waals surface area contributed by atoms with E-state index in [4.69, 9.17) is 13.9 Å². The Labute approximate surface area is 152 Å². The first-order valence-electron chi connectivity index (χ1n) is 8.80. The minimum atomic E-state index is -0.526. The van der Waals surface area contributed by atoms with Gasteiger partial charge in [0, 0.05) is 6.04 Å². The van der Waals surface area contributed by atoms with Crippen molar-refractivity contribution in [2.45, 2.75) is 39.0 Å². The SMILES string of the molecule is CCOC(=O)[C@@H]1C[C@@H](C)N(C(=O)OCc2ccccc2)[C@H]1c1ccco1. The summed E-state index contributed by atoms with van der Waals surface area (Å²) in [7, 11) is 0. The van der Waals surface area contributed by atoms with E-state index in [1.807, 2.05) is 37.3 Å². The van der Waals surface area contributed by atoms with Crippen LogP contribution >= 0.6 is 0 Å². The molecule has 3 atom stereocenters. The first kappa shape index (κ1) is 18.0. The number of furan rings is 1. The van der Waals surface area contributed by atoms with Gasteiger partial charge in [0.1, 0.15) is 18.4 Å². The van der Waals surface area contributed by atoms with Crippen LogP contribution in [-0.4, -0.2) is 29.6 Å². The third kappa shape index (κ3) is 3.74. The maximum atomic E-state index is 12.8. The molecule has 2 heterocycles. The summed E-state index contributed by atoms with van der Waals surface area (Å²) in [6, 6.07) is 12.3. The van der Waals surface area contributed by atoms with Gasteiger partial charge in [-0.2, -0.15) is 0 Å². The number of likely N-dealkylation sites (tertiary alicyclic amines) is 1. The molecule has 1 amide bonds. The summed E-state index contributed by atoms with van der Waals surface area (Å²) in [5.41, 5.74) is 0.907. The third-order valence-corrected chi connectivity index (χ3v) is 4.59. The number of rotatable bonds is 5. The Balaban J connectivity index is 1.79. The van der Waals surface area contributed by atoms with Gasteiger partial charge >= 0.3 is 12.1 Å². The average molecular weight is 357 g/mol. The Morgan fingerprint density at radius 3 is 2.58 bits per heavy atom. The van der Waals surface area contributed by atoms with Gasteiger partial charge in [-0.25, -0.2) is 4.79 Å². The van der Waals surface area contributed by atoms with Crippen molar-refractivity contribution in [2.24, 2.45) is 5.92 Å². The Morgan fingerprint density at radius 1 is 1.15 bits per heavy atom. The van der Waals surface area contributed by atoms with Crippen molar-refractivity contribution >= 4 is 12.1 Å². The van der Waals surface area contributed by atoms with Crippen molar-refractivity contribution in [3.63, 3.8) is 0 Å². The molecule has 0 saturated carbocycles. The zero-order chi connectivity index (χ0) is 18.5. The third-order valence-electron chi connectivity index (χ3n) is 4.59. The van der Waals surface area contributed by atoms with E-state index in [9.17, 15) is 9.59 Å². The molecule has 0 unspecified atom stereocenters. The molecule has 1 aromatic heterocycles. The van der Waals surface area contributed by atoms with Gasteiger partial charge in [0.15, 0.2) is 0 Å². The molecule has 1 fully saturated rings. The fraction of sp³-hybridized carbons (Fsp3) is 0.400. The van der Waals surface area contributed by atoms with Crippen LogP contribution in [0, 0.1) is 5.92 Å². The molecule has 26 heavy (non-hydrogen) atoms. The molecule has 1 saturated heterocycles. The van der Waals surface area contributed by atoms with Crippen LogP contribution in [0.25, 0.3) is 0 Å². The molecule has 1 aromatic carbocycles. The van der Waals surface area contributed by atoms with Gasteiger partial charge in [-0.1, -0.05) is 30.3 Å². The van der Waals surface area contributed by atoms with Crippen LogP contribution in [0.4, 0.5) is 4.79 Å². The summed E-state index contributed by atoms with van der Waals surface area (Å²) >= 11 is 0. The van der Waals surface area contributed by atoms with Crippen LogP contribution in [0.3, 0.4) is 0 Å². The summed E-state index contributed by atoms with van der Waals surface area (Å²) in [4.78, 5) is 26.8. The lowest BCUT2D eigenvalue weighted by Gasteiger charge is -2.27. The molecule has 0 spiro atoms. The number of esters is 1. The maximum absolute atomic E-state index is 12.8. The lowest BCUT2D eigenvalue weighted by molar-refractivity contribution is -0.149. The number of carbonyl (C=O) groups is 2. The number of ether oxygens (including phenoxy) is 2. The molecule has 138 valence electrons. The first-order valence-corrected chi connectivity index (χ1v) is 8.80. The fourth-order valence-corrected chi connectivity index (χ4v) is 3.43. The zero-order valence-electron chi connectivity index (χ0n) is 15.0. The first-order chi connectivity index (χ1) is 12.6. The minimum Gasteiger partial charge on any atom is -0.467 e.